The molecule has 3 rings (SSSR count). The lowest BCUT2D eigenvalue weighted by atomic mass is 10.2. The lowest BCUT2D eigenvalue weighted by Crippen LogP contribution is -2.04. The molecular formula is C12H12N6. The van der Waals surface area contributed by atoms with Crippen molar-refractivity contribution in [3.8, 4) is 5.69 Å². The van der Waals surface area contributed by atoms with Crippen LogP contribution in [0, 0.1) is 0 Å². The molecule has 0 saturated carbocycles. The van der Waals surface area contributed by atoms with Gasteiger partial charge in [0, 0.05) is 6.20 Å². The van der Waals surface area contributed by atoms with Crippen molar-refractivity contribution < 1.29 is 0 Å². The molecular weight excluding hydrogens is 228 g/mol. The smallest absolute Gasteiger partial charge is 0.138 e. The van der Waals surface area contributed by atoms with Crippen LogP contribution in [0.3, 0.4) is 0 Å². The number of benzene rings is 1. The average molecular weight is 240 g/mol. The summed E-state index contributed by atoms with van der Waals surface area (Å²) in [6.45, 7) is 0.686. The second kappa shape index (κ2) is 4.70. The van der Waals surface area contributed by atoms with Crippen molar-refractivity contribution in [2.75, 3.05) is 5.32 Å². The normalized spacial score (nSPS) is 10.4. The Morgan fingerprint density at radius 3 is 2.94 bits per heavy atom. The summed E-state index contributed by atoms with van der Waals surface area (Å²) in [7, 11) is 0. The SMILES string of the molecule is c1ccc(-n2cncn2)c(NCc2cnc[nH]2)c1. The van der Waals surface area contributed by atoms with Gasteiger partial charge in [-0.05, 0) is 12.1 Å². The third-order valence-corrected chi connectivity index (χ3v) is 2.59. The third kappa shape index (κ3) is 2.08. The van der Waals surface area contributed by atoms with Gasteiger partial charge >= 0.3 is 0 Å². The summed E-state index contributed by atoms with van der Waals surface area (Å²) in [5.74, 6) is 0. The highest BCUT2D eigenvalue weighted by atomic mass is 15.3. The summed E-state index contributed by atoms with van der Waals surface area (Å²) >= 11 is 0. The molecule has 6 heteroatoms. The lowest BCUT2D eigenvalue weighted by Gasteiger charge is -2.10. The molecule has 2 heterocycles. The zero-order chi connectivity index (χ0) is 12.2. The van der Waals surface area contributed by atoms with Gasteiger partial charge in [-0.3, -0.25) is 0 Å². The Kier molecular flexibility index (Phi) is 2.75. The molecule has 18 heavy (non-hydrogen) atoms. The Hall–Kier alpha value is -2.63. The van der Waals surface area contributed by atoms with E-state index in [-0.39, 0.29) is 0 Å². The van der Waals surface area contributed by atoms with Crippen molar-refractivity contribution in [2.24, 2.45) is 0 Å². The molecule has 0 fully saturated rings. The van der Waals surface area contributed by atoms with Crippen LogP contribution in [-0.2, 0) is 6.54 Å². The monoisotopic (exact) mass is 240 g/mol. The Morgan fingerprint density at radius 1 is 1.22 bits per heavy atom. The highest BCUT2D eigenvalue weighted by molar-refractivity contribution is 5.60. The molecule has 0 aliphatic heterocycles. The fourth-order valence-electron chi connectivity index (χ4n) is 1.73. The standard InChI is InChI=1S/C12H12N6/c1-2-4-12(18-9-14-8-17-18)11(3-1)15-6-10-5-13-7-16-10/h1-5,7-9,15H,6H2,(H,13,16). The lowest BCUT2D eigenvalue weighted by molar-refractivity contribution is 0.877. The molecule has 0 atom stereocenters. The van der Waals surface area contributed by atoms with Crippen LogP contribution in [0.15, 0.2) is 49.4 Å². The van der Waals surface area contributed by atoms with Gasteiger partial charge in [0.1, 0.15) is 12.7 Å². The summed E-state index contributed by atoms with van der Waals surface area (Å²) in [4.78, 5) is 11.0. The van der Waals surface area contributed by atoms with Crippen molar-refractivity contribution in [1.29, 1.82) is 0 Å². The molecule has 0 spiro atoms. The zero-order valence-corrected chi connectivity index (χ0v) is 9.61. The predicted molar refractivity (Wildman–Crippen MR) is 67.3 cm³/mol. The number of aromatic amines is 1. The van der Waals surface area contributed by atoms with Crippen LogP contribution in [0.25, 0.3) is 5.69 Å². The minimum Gasteiger partial charge on any atom is -0.378 e. The van der Waals surface area contributed by atoms with E-state index in [2.05, 4.69) is 25.4 Å². The second-order valence-corrected chi connectivity index (χ2v) is 3.79. The Bertz CT molecular complexity index is 599. The fraction of sp³-hybridized carbons (Fsp3) is 0.0833. The van der Waals surface area contributed by atoms with Crippen LogP contribution in [0.2, 0.25) is 0 Å². The summed E-state index contributed by atoms with van der Waals surface area (Å²) < 4.78 is 1.73. The van der Waals surface area contributed by atoms with Gasteiger partial charge in [-0.1, -0.05) is 12.1 Å². The van der Waals surface area contributed by atoms with E-state index in [1.807, 2.05) is 24.3 Å². The largest absolute Gasteiger partial charge is 0.378 e. The number of hydrogen-bond acceptors (Lipinski definition) is 4. The first-order chi connectivity index (χ1) is 8.93. The van der Waals surface area contributed by atoms with E-state index in [0.717, 1.165) is 17.1 Å². The maximum atomic E-state index is 4.14. The molecule has 0 unspecified atom stereocenters. The van der Waals surface area contributed by atoms with Gasteiger partial charge in [0.25, 0.3) is 0 Å². The number of rotatable bonds is 4. The minimum absolute atomic E-state index is 0.686. The topological polar surface area (TPSA) is 71.4 Å². The second-order valence-electron chi connectivity index (χ2n) is 3.79. The van der Waals surface area contributed by atoms with Gasteiger partial charge in [0.2, 0.25) is 0 Å². The number of aromatic nitrogens is 5. The predicted octanol–water partition coefficient (Wildman–Crippen LogP) is 1.60. The van der Waals surface area contributed by atoms with E-state index in [1.54, 1.807) is 23.5 Å². The molecule has 1 aromatic carbocycles. The van der Waals surface area contributed by atoms with E-state index in [0.29, 0.717) is 6.54 Å². The molecule has 2 aromatic heterocycles. The van der Waals surface area contributed by atoms with Crippen LogP contribution in [0.1, 0.15) is 5.69 Å². The number of H-pyrrole nitrogens is 1. The van der Waals surface area contributed by atoms with E-state index in [9.17, 15) is 0 Å². The van der Waals surface area contributed by atoms with E-state index in [1.165, 1.54) is 6.33 Å². The molecule has 0 bridgehead atoms. The molecule has 0 amide bonds. The Morgan fingerprint density at radius 2 is 2.17 bits per heavy atom. The van der Waals surface area contributed by atoms with Gasteiger partial charge in [0.05, 0.1) is 29.9 Å². The number of nitrogens with one attached hydrogen (secondary N) is 2. The summed E-state index contributed by atoms with van der Waals surface area (Å²) in [5, 5.41) is 7.48. The summed E-state index contributed by atoms with van der Waals surface area (Å²) in [5.41, 5.74) is 3.00. The number of imidazole rings is 1. The summed E-state index contributed by atoms with van der Waals surface area (Å²) in [6, 6.07) is 7.95. The number of nitrogens with zero attached hydrogens (tertiary/aromatic N) is 4. The molecule has 0 aliphatic carbocycles. The van der Waals surface area contributed by atoms with Gasteiger partial charge in [-0.25, -0.2) is 14.6 Å². The molecule has 3 aromatic rings. The zero-order valence-electron chi connectivity index (χ0n) is 9.61. The highest BCUT2D eigenvalue weighted by Crippen LogP contribution is 2.18. The van der Waals surface area contributed by atoms with Crippen LogP contribution in [0.4, 0.5) is 5.69 Å². The average Bonchev–Trinajstić information content (AvgIpc) is 3.10. The van der Waals surface area contributed by atoms with Crippen molar-refractivity contribution in [3.05, 3.63) is 55.1 Å². The third-order valence-electron chi connectivity index (χ3n) is 2.59. The first kappa shape index (κ1) is 10.5. The van der Waals surface area contributed by atoms with Crippen molar-refractivity contribution >= 4 is 5.69 Å². The first-order valence-electron chi connectivity index (χ1n) is 5.58. The molecule has 90 valence electrons. The van der Waals surface area contributed by atoms with Gasteiger partial charge < -0.3 is 10.3 Å². The van der Waals surface area contributed by atoms with Crippen molar-refractivity contribution in [1.82, 2.24) is 24.7 Å². The maximum Gasteiger partial charge on any atom is 0.138 e. The molecule has 2 N–H and O–H groups in total. The van der Waals surface area contributed by atoms with E-state index < -0.39 is 0 Å². The summed E-state index contributed by atoms with van der Waals surface area (Å²) in [6.07, 6.45) is 6.66. The maximum absolute atomic E-state index is 4.14. The van der Waals surface area contributed by atoms with Gasteiger partial charge in [-0.15, -0.1) is 0 Å². The molecule has 0 radical (unpaired) electrons. The van der Waals surface area contributed by atoms with Crippen LogP contribution < -0.4 is 5.32 Å². The molecule has 6 nitrogen and oxygen atoms in total. The molecule has 0 saturated heterocycles. The van der Waals surface area contributed by atoms with E-state index >= 15 is 0 Å². The van der Waals surface area contributed by atoms with Crippen LogP contribution in [0.5, 0.6) is 0 Å². The fourth-order valence-corrected chi connectivity index (χ4v) is 1.73. The Balaban J connectivity index is 1.84. The Labute approximate surface area is 104 Å². The minimum atomic E-state index is 0.686. The van der Waals surface area contributed by atoms with Crippen LogP contribution in [-0.4, -0.2) is 24.7 Å². The van der Waals surface area contributed by atoms with Gasteiger partial charge in [0.15, 0.2) is 0 Å². The highest BCUT2D eigenvalue weighted by Gasteiger charge is 2.04. The number of hydrogen-bond donors (Lipinski definition) is 2. The number of anilines is 1. The van der Waals surface area contributed by atoms with Crippen molar-refractivity contribution in [3.63, 3.8) is 0 Å². The number of para-hydroxylation sites is 2. The van der Waals surface area contributed by atoms with E-state index in [4.69, 9.17) is 0 Å². The van der Waals surface area contributed by atoms with Crippen LogP contribution >= 0.6 is 0 Å². The van der Waals surface area contributed by atoms with Crippen molar-refractivity contribution in [2.45, 2.75) is 6.54 Å². The first-order valence-corrected chi connectivity index (χ1v) is 5.58. The molecule has 0 aliphatic rings. The van der Waals surface area contributed by atoms with Gasteiger partial charge in [-0.2, -0.15) is 5.10 Å². The quantitative estimate of drug-likeness (QED) is 0.726.